The molecule has 0 unspecified atom stereocenters. The van der Waals surface area contributed by atoms with Gasteiger partial charge in [-0.2, -0.15) is 0 Å². The van der Waals surface area contributed by atoms with E-state index in [0.717, 1.165) is 17.2 Å². The van der Waals surface area contributed by atoms with Crippen molar-refractivity contribution in [3.63, 3.8) is 0 Å². The number of rotatable bonds is 4. The summed E-state index contributed by atoms with van der Waals surface area (Å²) in [4.78, 5) is 39.5. The normalized spacial score (nSPS) is 33.7. The van der Waals surface area contributed by atoms with Crippen LogP contribution in [0.25, 0.3) is 10.8 Å². The lowest BCUT2D eigenvalue weighted by atomic mass is 9.63. The zero-order chi connectivity index (χ0) is 19.7. The summed E-state index contributed by atoms with van der Waals surface area (Å²) >= 11 is 0. The Hall–Kier alpha value is -2.95. The van der Waals surface area contributed by atoms with Gasteiger partial charge in [0.05, 0.1) is 18.3 Å². The first-order valence-electron chi connectivity index (χ1n) is 10.3. The average Bonchev–Trinajstić information content (AvgIpc) is 3.51. The number of benzene rings is 2. The standard InChI is InChI=1S/C24H21NO4/c26-20(29-15-6-5-13-3-1-2-4-14(13)11-15)9-10-25-23(27)21-16-7-8-17(19-12-18(16)19)22(21)24(25)28/h1-8,11,16-19,21-22H,9-10,12H2/t16-,17-,18-,19+,21-,22+/m1/s1. The van der Waals surface area contributed by atoms with Gasteiger partial charge in [0, 0.05) is 6.54 Å². The van der Waals surface area contributed by atoms with Crippen LogP contribution in [0, 0.1) is 35.5 Å². The van der Waals surface area contributed by atoms with Crippen molar-refractivity contribution in [2.75, 3.05) is 6.54 Å². The van der Waals surface area contributed by atoms with Gasteiger partial charge >= 0.3 is 5.97 Å². The number of amides is 2. The quantitative estimate of drug-likeness (QED) is 0.350. The number of hydrogen-bond donors (Lipinski definition) is 0. The third-order valence-electron chi connectivity index (χ3n) is 7.25. The summed E-state index contributed by atoms with van der Waals surface area (Å²) in [5.74, 6) is 1.02. The molecule has 2 aromatic carbocycles. The van der Waals surface area contributed by atoms with E-state index in [9.17, 15) is 14.4 Å². The molecule has 0 N–H and O–H groups in total. The number of carbonyl (C=O) groups is 3. The van der Waals surface area contributed by atoms with Crippen molar-refractivity contribution in [2.24, 2.45) is 35.5 Å². The first-order valence-corrected chi connectivity index (χ1v) is 10.3. The van der Waals surface area contributed by atoms with Gasteiger partial charge in [0.2, 0.25) is 11.8 Å². The van der Waals surface area contributed by atoms with Gasteiger partial charge in [0.25, 0.3) is 0 Å². The molecule has 0 spiro atoms. The second kappa shape index (κ2) is 6.02. The molecule has 7 rings (SSSR count). The number of esters is 1. The van der Waals surface area contributed by atoms with Gasteiger partial charge in [-0.3, -0.25) is 19.3 Å². The highest BCUT2D eigenvalue weighted by atomic mass is 16.5. The third kappa shape index (κ3) is 2.49. The zero-order valence-corrected chi connectivity index (χ0v) is 15.9. The maximum atomic E-state index is 12.9. The van der Waals surface area contributed by atoms with Crippen LogP contribution >= 0.6 is 0 Å². The molecule has 6 atom stereocenters. The van der Waals surface area contributed by atoms with Gasteiger partial charge in [-0.1, -0.05) is 42.5 Å². The molecule has 1 heterocycles. The van der Waals surface area contributed by atoms with E-state index in [1.807, 2.05) is 36.4 Å². The Bertz CT molecular complexity index is 1050. The molecule has 146 valence electrons. The number of fused-ring (bicyclic) bond motifs is 1. The highest BCUT2D eigenvalue weighted by molar-refractivity contribution is 6.06. The Morgan fingerprint density at radius 1 is 0.931 bits per heavy atom. The molecule has 3 fully saturated rings. The van der Waals surface area contributed by atoms with Gasteiger partial charge < -0.3 is 4.74 Å². The Morgan fingerprint density at radius 3 is 2.28 bits per heavy atom. The van der Waals surface area contributed by atoms with Crippen LogP contribution in [0.5, 0.6) is 5.75 Å². The number of carbonyl (C=O) groups excluding carboxylic acids is 3. The van der Waals surface area contributed by atoms with Crippen LogP contribution in [0.1, 0.15) is 12.8 Å². The molecule has 5 aliphatic rings. The summed E-state index contributed by atoms with van der Waals surface area (Å²) < 4.78 is 5.45. The number of ether oxygens (including phenoxy) is 1. The molecular weight excluding hydrogens is 366 g/mol. The minimum atomic E-state index is -0.431. The predicted molar refractivity (Wildman–Crippen MR) is 106 cm³/mol. The maximum Gasteiger partial charge on any atom is 0.312 e. The molecule has 29 heavy (non-hydrogen) atoms. The van der Waals surface area contributed by atoms with Crippen molar-refractivity contribution in [3.8, 4) is 5.75 Å². The fourth-order valence-electron chi connectivity index (χ4n) is 5.86. The van der Waals surface area contributed by atoms with E-state index in [1.165, 1.54) is 4.90 Å². The van der Waals surface area contributed by atoms with Crippen LogP contribution < -0.4 is 4.74 Å². The average molecular weight is 387 g/mol. The molecule has 2 saturated carbocycles. The van der Waals surface area contributed by atoms with E-state index >= 15 is 0 Å². The van der Waals surface area contributed by atoms with Crippen LogP contribution in [0.4, 0.5) is 0 Å². The summed E-state index contributed by atoms with van der Waals surface area (Å²) in [6.07, 6.45) is 5.47. The number of nitrogens with zero attached hydrogens (tertiary/aromatic N) is 1. The summed E-state index contributed by atoms with van der Waals surface area (Å²) in [5, 5.41) is 2.07. The van der Waals surface area contributed by atoms with Crippen LogP contribution in [0.2, 0.25) is 0 Å². The number of hydrogen-bond acceptors (Lipinski definition) is 4. The number of imide groups is 1. The van der Waals surface area contributed by atoms with Crippen LogP contribution in [0.3, 0.4) is 0 Å². The van der Waals surface area contributed by atoms with E-state index in [2.05, 4.69) is 12.2 Å². The summed E-state index contributed by atoms with van der Waals surface area (Å²) in [6.45, 7) is 0.103. The second-order valence-electron chi connectivity index (χ2n) is 8.72. The number of likely N-dealkylation sites (tertiary alicyclic amines) is 1. The Kier molecular flexibility index (Phi) is 3.52. The molecule has 2 bridgehead atoms. The van der Waals surface area contributed by atoms with Crippen molar-refractivity contribution in [3.05, 3.63) is 54.6 Å². The fourth-order valence-corrected chi connectivity index (χ4v) is 5.86. The lowest BCUT2D eigenvalue weighted by molar-refractivity contribution is -0.141. The SMILES string of the molecule is O=C(CCN1C(=O)[C@@H]2[C@@H]3C=C[C@H]([C@@H]4C[C@H]34)[C@@H]2C1=O)Oc1ccc2ccccc2c1. The monoisotopic (exact) mass is 387 g/mol. The smallest absolute Gasteiger partial charge is 0.312 e. The van der Waals surface area contributed by atoms with Gasteiger partial charge in [-0.15, -0.1) is 0 Å². The molecule has 5 heteroatoms. The van der Waals surface area contributed by atoms with Crippen LogP contribution in [0.15, 0.2) is 54.6 Å². The third-order valence-corrected chi connectivity index (χ3v) is 7.25. The second-order valence-corrected chi connectivity index (χ2v) is 8.72. The largest absolute Gasteiger partial charge is 0.426 e. The molecule has 4 aliphatic carbocycles. The summed E-state index contributed by atoms with van der Waals surface area (Å²) in [5.41, 5.74) is 0. The van der Waals surface area contributed by atoms with E-state index in [-0.39, 0.29) is 48.5 Å². The van der Waals surface area contributed by atoms with Crippen molar-refractivity contribution < 1.29 is 19.1 Å². The molecule has 5 nitrogen and oxygen atoms in total. The molecular formula is C24H21NO4. The van der Waals surface area contributed by atoms with E-state index < -0.39 is 5.97 Å². The lowest BCUT2D eigenvalue weighted by Crippen LogP contribution is -2.40. The Labute approximate surface area is 168 Å². The first-order chi connectivity index (χ1) is 14.1. The molecule has 0 radical (unpaired) electrons. The molecule has 0 aromatic heterocycles. The lowest BCUT2D eigenvalue weighted by Gasteiger charge is -2.37. The molecule has 1 saturated heterocycles. The molecule has 1 aliphatic heterocycles. The van der Waals surface area contributed by atoms with E-state index in [1.54, 1.807) is 6.07 Å². The maximum absolute atomic E-state index is 12.9. The van der Waals surface area contributed by atoms with E-state index in [4.69, 9.17) is 4.74 Å². The highest BCUT2D eigenvalue weighted by Gasteiger charge is 2.66. The van der Waals surface area contributed by atoms with Gasteiger partial charge in [-0.25, -0.2) is 0 Å². The highest BCUT2D eigenvalue weighted by Crippen LogP contribution is 2.65. The Morgan fingerprint density at radius 2 is 1.59 bits per heavy atom. The van der Waals surface area contributed by atoms with Crippen molar-refractivity contribution in [2.45, 2.75) is 12.8 Å². The zero-order valence-electron chi connectivity index (χ0n) is 15.9. The minimum Gasteiger partial charge on any atom is -0.426 e. The van der Waals surface area contributed by atoms with Crippen molar-refractivity contribution in [1.29, 1.82) is 0 Å². The van der Waals surface area contributed by atoms with Gasteiger partial charge in [0.1, 0.15) is 5.75 Å². The van der Waals surface area contributed by atoms with Crippen molar-refractivity contribution in [1.82, 2.24) is 4.90 Å². The van der Waals surface area contributed by atoms with Crippen molar-refractivity contribution >= 4 is 28.6 Å². The summed E-state index contributed by atoms with van der Waals surface area (Å²) in [7, 11) is 0. The van der Waals surface area contributed by atoms with Gasteiger partial charge in [-0.05, 0) is 53.0 Å². The van der Waals surface area contributed by atoms with Crippen LogP contribution in [-0.2, 0) is 14.4 Å². The Balaban J connectivity index is 1.13. The first kappa shape index (κ1) is 17.0. The summed E-state index contributed by atoms with van der Waals surface area (Å²) in [6, 6.07) is 13.3. The number of allylic oxidation sites excluding steroid dienone is 2. The topological polar surface area (TPSA) is 63.7 Å². The molecule has 2 aromatic rings. The molecule has 2 amide bonds. The minimum absolute atomic E-state index is 0.0133. The fraction of sp³-hybridized carbons (Fsp3) is 0.375. The van der Waals surface area contributed by atoms with E-state index in [0.29, 0.717) is 17.6 Å². The predicted octanol–water partition coefficient (Wildman–Crippen LogP) is 3.19. The van der Waals surface area contributed by atoms with Crippen LogP contribution in [-0.4, -0.2) is 29.2 Å². The van der Waals surface area contributed by atoms with Gasteiger partial charge in [0.15, 0.2) is 0 Å².